The minimum Gasteiger partial charge on any atom is -0.327 e. The third-order valence-corrected chi connectivity index (χ3v) is 4.25. The predicted octanol–water partition coefficient (Wildman–Crippen LogP) is 3.28. The van der Waals surface area contributed by atoms with E-state index in [1.807, 2.05) is 30.5 Å². The van der Waals surface area contributed by atoms with Crippen molar-refractivity contribution in [1.29, 1.82) is 0 Å². The fourth-order valence-corrected chi connectivity index (χ4v) is 2.96. The first kappa shape index (κ1) is 10.3. The van der Waals surface area contributed by atoms with Crippen LogP contribution in [0, 0.1) is 0 Å². The Hall–Kier alpha value is -0.900. The molecule has 2 aromatic rings. The molecule has 1 aliphatic carbocycles. The molecule has 2 nitrogen and oxygen atoms in total. The second-order valence-electron chi connectivity index (χ2n) is 4.08. The summed E-state index contributed by atoms with van der Waals surface area (Å²) in [6.07, 6.45) is 3.05. The quantitative estimate of drug-likeness (QED) is 0.889. The van der Waals surface area contributed by atoms with Crippen molar-refractivity contribution in [3.05, 3.63) is 40.4 Å². The van der Waals surface area contributed by atoms with E-state index in [0.717, 1.165) is 22.0 Å². The fraction of sp³-hybridized carbons (Fsp3) is 0.250. The average Bonchev–Trinajstić information content (AvgIpc) is 2.82. The van der Waals surface area contributed by atoms with Crippen molar-refractivity contribution in [2.45, 2.75) is 18.4 Å². The molecule has 1 aromatic carbocycles. The lowest BCUT2D eigenvalue weighted by Gasteiger charge is -1.95. The maximum atomic E-state index is 5.85. The van der Waals surface area contributed by atoms with Crippen LogP contribution in [-0.2, 0) is 0 Å². The smallest absolute Gasteiger partial charge is 0.123 e. The van der Waals surface area contributed by atoms with Crippen LogP contribution in [0.2, 0.25) is 5.02 Å². The highest BCUT2D eigenvalue weighted by Crippen LogP contribution is 2.43. The molecule has 4 heteroatoms. The molecule has 1 saturated carbocycles. The largest absolute Gasteiger partial charge is 0.327 e. The highest BCUT2D eigenvalue weighted by Gasteiger charge is 2.36. The molecule has 1 aliphatic rings. The summed E-state index contributed by atoms with van der Waals surface area (Å²) >= 11 is 7.58. The lowest BCUT2D eigenvalue weighted by molar-refractivity contribution is 1.00. The average molecular weight is 251 g/mol. The molecule has 1 fully saturated rings. The van der Waals surface area contributed by atoms with Gasteiger partial charge in [0.2, 0.25) is 0 Å². The highest BCUT2D eigenvalue weighted by atomic mass is 35.5. The van der Waals surface area contributed by atoms with Gasteiger partial charge in [0.1, 0.15) is 5.01 Å². The number of nitrogens with zero attached hydrogens (tertiary/aromatic N) is 1. The van der Waals surface area contributed by atoms with Gasteiger partial charge in [-0.3, -0.25) is 0 Å². The van der Waals surface area contributed by atoms with Crippen molar-refractivity contribution in [1.82, 2.24) is 4.98 Å². The number of rotatable bonds is 2. The molecule has 82 valence electrons. The topological polar surface area (TPSA) is 38.9 Å². The molecule has 0 saturated heterocycles. The molecule has 0 aliphatic heterocycles. The summed E-state index contributed by atoms with van der Waals surface area (Å²) in [5.41, 5.74) is 6.95. The molecule has 0 unspecified atom stereocenters. The van der Waals surface area contributed by atoms with Gasteiger partial charge in [0, 0.05) is 33.6 Å². The number of nitrogens with two attached hydrogens (primary N) is 1. The number of hydrogen-bond donors (Lipinski definition) is 1. The van der Waals surface area contributed by atoms with Crippen LogP contribution in [0.4, 0.5) is 0 Å². The van der Waals surface area contributed by atoms with E-state index < -0.39 is 0 Å². The van der Waals surface area contributed by atoms with Crippen LogP contribution in [0.5, 0.6) is 0 Å². The second kappa shape index (κ2) is 3.84. The van der Waals surface area contributed by atoms with E-state index in [1.54, 1.807) is 11.3 Å². The molecule has 16 heavy (non-hydrogen) atoms. The van der Waals surface area contributed by atoms with Crippen LogP contribution in [-0.4, -0.2) is 11.0 Å². The van der Waals surface area contributed by atoms with Crippen molar-refractivity contribution in [3.8, 4) is 10.6 Å². The Balaban J connectivity index is 1.89. The molecule has 0 radical (unpaired) electrons. The first-order valence-electron chi connectivity index (χ1n) is 5.21. The Bertz CT molecular complexity index is 506. The molecule has 2 N–H and O–H groups in total. The maximum Gasteiger partial charge on any atom is 0.123 e. The molecule has 1 heterocycles. The molecule has 0 bridgehead atoms. The number of benzene rings is 1. The lowest BCUT2D eigenvalue weighted by Crippen LogP contribution is -1.99. The van der Waals surface area contributed by atoms with Gasteiger partial charge < -0.3 is 5.73 Å². The lowest BCUT2D eigenvalue weighted by atomic mass is 10.2. The first-order chi connectivity index (χ1) is 7.74. The van der Waals surface area contributed by atoms with E-state index in [2.05, 4.69) is 4.98 Å². The van der Waals surface area contributed by atoms with Crippen LogP contribution < -0.4 is 5.73 Å². The molecular weight excluding hydrogens is 240 g/mol. The summed E-state index contributed by atoms with van der Waals surface area (Å²) in [4.78, 5) is 5.73. The number of aromatic nitrogens is 1. The molecule has 3 rings (SSSR count). The number of hydrogen-bond acceptors (Lipinski definition) is 3. The van der Waals surface area contributed by atoms with Crippen LogP contribution in [0.1, 0.15) is 17.2 Å². The van der Waals surface area contributed by atoms with Crippen molar-refractivity contribution in [3.63, 3.8) is 0 Å². The van der Waals surface area contributed by atoms with Gasteiger partial charge in [0.05, 0.1) is 0 Å². The Morgan fingerprint density at radius 1 is 1.31 bits per heavy atom. The zero-order valence-electron chi connectivity index (χ0n) is 8.56. The van der Waals surface area contributed by atoms with Crippen LogP contribution >= 0.6 is 22.9 Å². The molecule has 1 aromatic heterocycles. The summed E-state index contributed by atoms with van der Waals surface area (Å²) in [5, 5.41) is 1.80. The van der Waals surface area contributed by atoms with Crippen molar-refractivity contribution >= 4 is 22.9 Å². The van der Waals surface area contributed by atoms with Gasteiger partial charge >= 0.3 is 0 Å². The summed E-state index contributed by atoms with van der Waals surface area (Å²) in [6, 6.07) is 8.12. The van der Waals surface area contributed by atoms with Gasteiger partial charge in [0.15, 0.2) is 0 Å². The highest BCUT2D eigenvalue weighted by molar-refractivity contribution is 7.15. The summed E-state index contributed by atoms with van der Waals surface area (Å²) < 4.78 is 0. The molecule has 2 atom stereocenters. The summed E-state index contributed by atoms with van der Waals surface area (Å²) in [7, 11) is 0. The van der Waals surface area contributed by atoms with Crippen molar-refractivity contribution < 1.29 is 0 Å². The van der Waals surface area contributed by atoms with E-state index in [9.17, 15) is 0 Å². The van der Waals surface area contributed by atoms with E-state index >= 15 is 0 Å². The maximum absolute atomic E-state index is 5.85. The van der Waals surface area contributed by atoms with Crippen LogP contribution in [0.3, 0.4) is 0 Å². The second-order valence-corrected chi connectivity index (χ2v) is 5.58. The van der Waals surface area contributed by atoms with Gasteiger partial charge in [-0.15, -0.1) is 11.3 Å². The Morgan fingerprint density at radius 2 is 2.00 bits per heavy atom. The van der Waals surface area contributed by atoms with Gasteiger partial charge in [-0.05, 0) is 18.6 Å². The summed E-state index contributed by atoms with van der Waals surface area (Å²) in [5.74, 6) is 0.540. The zero-order valence-corrected chi connectivity index (χ0v) is 10.1. The van der Waals surface area contributed by atoms with E-state index in [4.69, 9.17) is 17.3 Å². The minimum atomic E-state index is 0.346. The Kier molecular flexibility index (Phi) is 2.46. The standard InChI is InChI=1S/C12H11ClN2S/c13-8-3-1-7(2-4-8)12-15-6-11(16-12)9-5-10(9)14/h1-4,6,9-10H,5,14H2/t9-,10-/m1/s1. The van der Waals surface area contributed by atoms with E-state index in [-0.39, 0.29) is 0 Å². The van der Waals surface area contributed by atoms with Crippen LogP contribution in [0.25, 0.3) is 10.6 Å². The Labute approximate surface area is 103 Å². The predicted molar refractivity (Wildman–Crippen MR) is 67.9 cm³/mol. The molecular formula is C12H11ClN2S. The van der Waals surface area contributed by atoms with Gasteiger partial charge in [0.25, 0.3) is 0 Å². The monoisotopic (exact) mass is 250 g/mol. The van der Waals surface area contributed by atoms with E-state index in [1.165, 1.54) is 4.88 Å². The first-order valence-corrected chi connectivity index (χ1v) is 6.41. The SMILES string of the molecule is N[C@@H]1C[C@H]1c1cnc(-c2ccc(Cl)cc2)s1. The van der Waals surface area contributed by atoms with Gasteiger partial charge in [-0.1, -0.05) is 23.7 Å². The molecule has 0 spiro atoms. The Morgan fingerprint density at radius 3 is 2.62 bits per heavy atom. The van der Waals surface area contributed by atoms with Crippen molar-refractivity contribution in [2.24, 2.45) is 5.73 Å². The molecule has 0 amide bonds. The minimum absolute atomic E-state index is 0.346. The number of halogens is 1. The zero-order chi connectivity index (χ0) is 11.1. The normalized spacial score (nSPS) is 23.4. The summed E-state index contributed by atoms with van der Waals surface area (Å²) in [6.45, 7) is 0. The van der Waals surface area contributed by atoms with Crippen molar-refractivity contribution in [2.75, 3.05) is 0 Å². The third kappa shape index (κ3) is 1.86. The van der Waals surface area contributed by atoms with Crippen LogP contribution in [0.15, 0.2) is 30.5 Å². The number of thiazole rings is 1. The third-order valence-electron chi connectivity index (χ3n) is 2.82. The van der Waals surface area contributed by atoms with E-state index in [0.29, 0.717) is 12.0 Å². The van der Waals surface area contributed by atoms with Gasteiger partial charge in [-0.25, -0.2) is 4.98 Å². The van der Waals surface area contributed by atoms with Gasteiger partial charge in [-0.2, -0.15) is 0 Å². The fourth-order valence-electron chi connectivity index (χ4n) is 1.73.